The Morgan fingerprint density at radius 2 is 0.747 bits per heavy atom. The Morgan fingerprint density at radius 1 is 0.373 bits per heavy atom. The summed E-state index contributed by atoms with van der Waals surface area (Å²) in [6, 6.07) is 29.3. The summed E-state index contributed by atoms with van der Waals surface area (Å²) in [5.41, 5.74) is 1.98. The first-order chi connectivity index (χ1) is 38.7. The first-order valence-corrected chi connectivity index (χ1v) is 30.0. The highest BCUT2D eigenvalue weighted by Gasteiger charge is 2.26. The van der Waals surface area contributed by atoms with E-state index in [0.29, 0.717) is 28.8 Å². The van der Waals surface area contributed by atoms with Gasteiger partial charge in [0.25, 0.3) is 64.1 Å². The van der Waals surface area contributed by atoms with Crippen LogP contribution in [-0.2, 0) is 51.1 Å². The molecule has 26 nitrogen and oxygen atoms in total. The van der Waals surface area contributed by atoms with Gasteiger partial charge in [0.15, 0.2) is 0 Å². The highest BCUT2D eigenvalue weighted by atomic mass is 32.2. The first-order valence-electron chi connectivity index (χ1n) is 23.2. The number of rotatable bonds is 14. The van der Waals surface area contributed by atoms with Gasteiger partial charge in [-0.3, -0.25) is 37.4 Å². The number of urea groups is 1. The van der Waals surface area contributed by atoms with Crippen LogP contribution in [0.1, 0.15) is 58.1 Å². The minimum atomic E-state index is -5.11. The lowest BCUT2D eigenvalue weighted by Crippen LogP contribution is -2.21. The summed E-state index contributed by atoms with van der Waals surface area (Å²) in [7, 11) is -23.1. The molecule has 0 saturated heterocycles. The Balaban J connectivity index is 0.00000240. The fourth-order valence-electron chi connectivity index (χ4n) is 8.18. The van der Waals surface area contributed by atoms with E-state index in [-0.39, 0.29) is 77.9 Å². The summed E-state index contributed by atoms with van der Waals surface area (Å²) in [4.78, 5) is 64.2. The molecule has 0 aliphatic rings. The fraction of sp³-hybridized carbons (Fsp3) is 0.0577. The Labute approximate surface area is 473 Å². The van der Waals surface area contributed by atoms with Gasteiger partial charge in [-0.05, 0) is 145 Å². The van der Waals surface area contributed by atoms with E-state index in [9.17, 15) is 75.9 Å². The monoisotopic (exact) mass is 1230 g/mol. The average Bonchev–Trinajstić information content (AvgIpc) is 3.37. The molecular formula is C52H42N6O20S5. The van der Waals surface area contributed by atoms with Crippen LogP contribution in [0.5, 0.6) is 0 Å². The van der Waals surface area contributed by atoms with E-state index in [0.717, 1.165) is 12.1 Å². The normalized spacial score (nSPS) is 11.6. The van der Waals surface area contributed by atoms with Gasteiger partial charge in [-0.15, -0.1) is 12.6 Å². The SMILES string of the molecule is Cc1ccc(C(=O)Nc2cccc3cc(S(=O)(=O)O)cc(S(=O)(=O)O)c23)cc1NC(=O)c1cccc(NC(=O)Nc2cccc(C(=O)Nc3cc(C(=O)Nc4ccc(C)c5cc(S(=O)(=O)O)cc(S(=O)(=O)O)c45)ccc3C)c2)c1.O=S(=O)=O. The quantitative estimate of drug-likeness (QED) is 0.0469. The van der Waals surface area contributed by atoms with Crippen molar-refractivity contribution in [2.75, 3.05) is 31.9 Å². The third-order valence-electron chi connectivity index (χ3n) is 12.1. The molecule has 8 rings (SSSR count). The van der Waals surface area contributed by atoms with Crippen molar-refractivity contribution in [3.63, 3.8) is 0 Å². The van der Waals surface area contributed by atoms with Gasteiger partial charge in [0.05, 0.1) is 21.2 Å². The zero-order chi connectivity index (χ0) is 61.1. The molecule has 0 aromatic heterocycles. The van der Waals surface area contributed by atoms with E-state index in [2.05, 4.69) is 31.9 Å². The number of nitrogens with one attached hydrogen (secondary N) is 6. The molecule has 0 spiro atoms. The molecule has 0 fully saturated rings. The van der Waals surface area contributed by atoms with Gasteiger partial charge in [0.1, 0.15) is 9.79 Å². The topological polar surface area (TPSA) is 426 Å². The van der Waals surface area contributed by atoms with E-state index >= 15 is 0 Å². The molecule has 0 saturated carbocycles. The molecular weight excluding hydrogens is 1190 g/mol. The van der Waals surface area contributed by atoms with Crippen LogP contribution in [0.2, 0.25) is 0 Å². The van der Waals surface area contributed by atoms with E-state index in [4.69, 9.17) is 12.6 Å². The number of anilines is 6. The van der Waals surface area contributed by atoms with Crippen molar-refractivity contribution < 1.29 is 88.5 Å². The lowest BCUT2D eigenvalue weighted by atomic mass is 10.0. The predicted octanol–water partition coefficient (Wildman–Crippen LogP) is 7.55. The molecule has 31 heteroatoms. The fourth-order valence-corrected chi connectivity index (χ4v) is 10.9. The van der Waals surface area contributed by atoms with Crippen LogP contribution in [0, 0.1) is 20.8 Å². The summed E-state index contributed by atoms with van der Waals surface area (Å²) in [6.45, 7) is 4.82. The van der Waals surface area contributed by atoms with E-state index < -0.39 is 100 Å². The van der Waals surface area contributed by atoms with Crippen LogP contribution < -0.4 is 31.9 Å². The Bertz CT molecular complexity index is 4670. The number of hydrogen-bond donors (Lipinski definition) is 10. The number of hydrogen-bond acceptors (Lipinski definition) is 16. The Hall–Kier alpha value is -9.31. The van der Waals surface area contributed by atoms with E-state index in [1.54, 1.807) is 13.8 Å². The maximum absolute atomic E-state index is 13.6. The second-order valence-corrected chi connectivity index (χ2v) is 23.9. The van der Waals surface area contributed by atoms with Gasteiger partial charge < -0.3 is 31.9 Å². The maximum atomic E-state index is 13.6. The lowest BCUT2D eigenvalue weighted by molar-refractivity contribution is 0.101. The standard InChI is InChI=1S/C52H42N6O17S4.O3S/c1-27-15-18-41(47-39(27)24-38(77(67,68)69)26-45(47)79(73,74)75)56-51(62)34-17-14-29(3)43(23-34)58-49(60)32-9-5-11-36(20-32)54-52(63)53-35-10-4-8-31(19-35)48(59)57-42-22-33(16-13-28(42)2)50(61)55-40-12-6-7-30-21-37(76(64,65)66)25-44(46(30)40)78(70,71)72;1-4(2)3/h4-26H,1-3H3,(H,55,61)(H,56,62)(H,57,59)(H,58,60)(H2,53,54,63)(H,64,65,66)(H,67,68,69)(H,70,71,72)(H,73,74,75);. The third-order valence-corrected chi connectivity index (χ3v) is 15.5. The van der Waals surface area contributed by atoms with Crippen molar-refractivity contribution in [3.8, 4) is 0 Å². The molecule has 0 radical (unpaired) electrons. The van der Waals surface area contributed by atoms with Gasteiger partial charge in [0, 0.05) is 55.8 Å². The zero-order valence-corrected chi connectivity index (χ0v) is 46.7. The number of carbonyl (C=O) groups is 5. The van der Waals surface area contributed by atoms with Crippen molar-refractivity contribution in [1.82, 2.24) is 0 Å². The highest BCUT2D eigenvalue weighted by molar-refractivity contribution is 7.87. The maximum Gasteiger partial charge on any atom is 0.425 e. The number of amides is 6. The molecule has 6 amide bonds. The third kappa shape index (κ3) is 15.0. The second kappa shape index (κ2) is 24.0. The number of benzene rings is 8. The average molecular weight is 1230 g/mol. The summed E-state index contributed by atoms with van der Waals surface area (Å²) in [6.07, 6.45) is 0. The Morgan fingerprint density at radius 3 is 1.18 bits per heavy atom. The minimum absolute atomic E-state index is 0.0110. The van der Waals surface area contributed by atoms with Crippen LogP contribution >= 0.6 is 0 Å². The van der Waals surface area contributed by atoms with Crippen molar-refractivity contribution in [2.45, 2.75) is 40.4 Å². The summed E-state index contributed by atoms with van der Waals surface area (Å²) in [5, 5.41) is 15.2. The largest absolute Gasteiger partial charge is 0.425 e. The van der Waals surface area contributed by atoms with Crippen LogP contribution in [0.15, 0.2) is 159 Å². The molecule has 430 valence electrons. The smallest absolute Gasteiger partial charge is 0.322 e. The van der Waals surface area contributed by atoms with Gasteiger partial charge in [-0.1, -0.05) is 42.5 Å². The molecule has 8 aromatic rings. The van der Waals surface area contributed by atoms with Gasteiger partial charge in [-0.25, -0.2) is 4.79 Å². The molecule has 0 bridgehead atoms. The zero-order valence-electron chi connectivity index (χ0n) is 42.6. The minimum Gasteiger partial charge on any atom is -0.322 e. The predicted molar refractivity (Wildman–Crippen MR) is 301 cm³/mol. The molecule has 0 unspecified atom stereocenters. The number of aryl methyl sites for hydroxylation is 3. The molecule has 10 N–H and O–H groups in total. The van der Waals surface area contributed by atoms with Crippen LogP contribution in [-0.4, -0.2) is 94.2 Å². The first kappa shape index (κ1) is 61.3. The van der Waals surface area contributed by atoms with Crippen molar-refractivity contribution in [3.05, 3.63) is 178 Å². The van der Waals surface area contributed by atoms with E-state index in [1.807, 2.05) is 0 Å². The molecule has 0 aliphatic carbocycles. The van der Waals surface area contributed by atoms with Crippen LogP contribution in [0.25, 0.3) is 21.5 Å². The number of fused-ring (bicyclic) bond motifs is 2. The molecule has 0 heterocycles. The van der Waals surface area contributed by atoms with Crippen LogP contribution in [0.3, 0.4) is 0 Å². The van der Waals surface area contributed by atoms with Crippen molar-refractivity contribution >= 4 is 136 Å². The van der Waals surface area contributed by atoms with Gasteiger partial charge in [-0.2, -0.15) is 33.7 Å². The number of carbonyl (C=O) groups excluding carboxylic acids is 5. The Kier molecular flexibility index (Phi) is 17.8. The molecule has 83 heavy (non-hydrogen) atoms. The van der Waals surface area contributed by atoms with Crippen LogP contribution in [0.4, 0.5) is 38.9 Å². The van der Waals surface area contributed by atoms with Gasteiger partial charge in [0.2, 0.25) is 0 Å². The van der Waals surface area contributed by atoms with Gasteiger partial charge >= 0.3 is 16.6 Å². The second-order valence-electron chi connectivity index (χ2n) is 17.8. The highest BCUT2D eigenvalue weighted by Crippen LogP contribution is 2.37. The van der Waals surface area contributed by atoms with Crippen molar-refractivity contribution in [2.24, 2.45) is 0 Å². The summed E-state index contributed by atoms with van der Waals surface area (Å²) < 4.78 is 162. The summed E-state index contributed by atoms with van der Waals surface area (Å²) in [5.74, 6) is -2.89. The van der Waals surface area contributed by atoms with Crippen molar-refractivity contribution in [1.29, 1.82) is 0 Å². The molecule has 0 aliphatic heterocycles. The molecule has 0 atom stereocenters. The summed E-state index contributed by atoms with van der Waals surface area (Å²) >= 11 is 0. The van der Waals surface area contributed by atoms with E-state index in [1.165, 1.54) is 122 Å². The molecule has 8 aromatic carbocycles. The lowest BCUT2D eigenvalue weighted by Gasteiger charge is -2.15.